The molecule has 1 aliphatic rings. The number of hydrogen-bond acceptors (Lipinski definition) is 4. The molecule has 4 nitrogen and oxygen atoms in total. The lowest BCUT2D eigenvalue weighted by atomic mass is 10.2. The molecule has 0 fully saturated rings. The molecule has 2 aromatic carbocycles. The summed E-state index contributed by atoms with van der Waals surface area (Å²) in [6.07, 6.45) is 0. The fraction of sp³-hybridized carbons (Fsp3) is 0.0714. The summed E-state index contributed by atoms with van der Waals surface area (Å²) in [5.41, 5.74) is 0.341. The average molecular weight is 260 g/mol. The molecule has 0 N–H and O–H groups in total. The van der Waals surface area contributed by atoms with Crippen LogP contribution in [0.5, 0.6) is 17.2 Å². The molecule has 96 valence electrons. The van der Waals surface area contributed by atoms with Gasteiger partial charge in [-0.25, -0.2) is 9.18 Å². The van der Waals surface area contributed by atoms with Gasteiger partial charge in [0, 0.05) is 0 Å². The van der Waals surface area contributed by atoms with E-state index in [1.54, 1.807) is 18.2 Å². The highest BCUT2D eigenvalue weighted by Gasteiger charge is 2.17. The van der Waals surface area contributed by atoms with E-state index in [2.05, 4.69) is 0 Å². The largest absolute Gasteiger partial charge is 0.454 e. The van der Waals surface area contributed by atoms with Crippen molar-refractivity contribution in [3.05, 3.63) is 53.8 Å². The lowest BCUT2D eigenvalue weighted by Crippen LogP contribution is -2.08. The predicted octanol–water partition coefficient (Wildman–Crippen LogP) is 2.77. The molecule has 0 unspecified atom stereocenters. The quantitative estimate of drug-likeness (QED) is 0.615. The van der Waals surface area contributed by atoms with Crippen LogP contribution in [0.25, 0.3) is 0 Å². The number of carbonyl (C=O) groups excluding carboxylic acids is 1. The molecule has 3 rings (SSSR count). The minimum Gasteiger partial charge on any atom is -0.454 e. The van der Waals surface area contributed by atoms with Crippen LogP contribution in [0.2, 0.25) is 0 Å². The van der Waals surface area contributed by atoms with Crippen LogP contribution >= 0.6 is 0 Å². The van der Waals surface area contributed by atoms with Gasteiger partial charge in [0.15, 0.2) is 11.5 Å². The third-order valence-electron chi connectivity index (χ3n) is 2.63. The van der Waals surface area contributed by atoms with Gasteiger partial charge < -0.3 is 14.2 Å². The van der Waals surface area contributed by atoms with Crippen molar-refractivity contribution in [3.8, 4) is 17.2 Å². The maximum Gasteiger partial charge on any atom is 0.343 e. The van der Waals surface area contributed by atoms with E-state index in [4.69, 9.17) is 14.2 Å². The van der Waals surface area contributed by atoms with Crippen LogP contribution in [0.1, 0.15) is 10.4 Å². The molecule has 0 saturated heterocycles. The van der Waals surface area contributed by atoms with Gasteiger partial charge in [-0.2, -0.15) is 0 Å². The van der Waals surface area contributed by atoms with Crippen molar-refractivity contribution in [1.29, 1.82) is 0 Å². The molecule has 0 saturated carbocycles. The Morgan fingerprint density at radius 1 is 1.05 bits per heavy atom. The van der Waals surface area contributed by atoms with Gasteiger partial charge >= 0.3 is 5.97 Å². The minimum absolute atomic E-state index is 0.145. The van der Waals surface area contributed by atoms with Gasteiger partial charge in [0.2, 0.25) is 6.79 Å². The molecule has 5 heteroatoms. The van der Waals surface area contributed by atoms with Crippen LogP contribution in [-0.4, -0.2) is 12.8 Å². The Balaban J connectivity index is 1.78. The Hall–Kier alpha value is -2.56. The van der Waals surface area contributed by atoms with E-state index >= 15 is 0 Å². The van der Waals surface area contributed by atoms with Crippen molar-refractivity contribution < 1.29 is 23.4 Å². The monoisotopic (exact) mass is 260 g/mol. The lowest BCUT2D eigenvalue weighted by Gasteiger charge is -2.04. The number of fused-ring (bicyclic) bond motifs is 1. The second-order valence-corrected chi connectivity index (χ2v) is 3.91. The van der Waals surface area contributed by atoms with E-state index in [0.717, 1.165) is 0 Å². The molecule has 1 heterocycles. The first kappa shape index (κ1) is 11.5. The highest BCUT2D eigenvalue weighted by Crippen LogP contribution is 2.32. The summed E-state index contributed by atoms with van der Waals surface area (Å²) in [5.74, 6) is 0.462. The molecular formula is C14H9FO4. The molecule has 19 heavy (non-hydrogen) atoms. The maximum absolute atomic E-state index is 12.7. The van der Waals surface area contributed by atoms with Crippen molar-refractivity contribution in [1.82, 2.24) is 0 Å². The molecule has 0 aliphatic carbocycles. The maximum atomic E-state index is 12.7. The van der Waals surface area contributed by atoms with Crippen molar-refractivity contribution in [3.63, 3.8) is 0 Å². The van der Waals surface area contributed by atoms with Crippen LogP contribution < -0.4 is 14.2 Å². The minimum atomic E-state index is -0.537. The fourth-order valence-electron chi connectivity index (χ4n) is 1.69. The standard InChI is InChI=1S/C14H9FO4/c15-10-2-4-11(5-3-10)19-14(16)9-1-6-12-13(7-9)18-8-17-12/h1-7H,8H2. The van der Waals surface area contributed by atoms with Gasteiger partial charge in [0.1, 0.15) is 11.6 Å². The molecule has 0 aromatic heterocycles. The second-order valence-electron chi connectivity index (χ2n) is 3.91. The zero-order valence-electron chi connectivity index (χ0n) is 9.76. The molecule has 0 amide bonds. The van der Waals surface area contributed by atoms with E-state index in [0.29, 0.717) is 17.1 Å². The molecule has 0 spiro atoms. The fourth-order valence-corrected chi connectivity index (χ4v) is 1.69. The summed E-state index contributed by atoms with van der Waals surface area (Å²) >= 11 is 0. The summed E-state index contributed by atoms with van der Waals surface area (Å²) < 4.78 is 28.2. The summed E-state index contributed by atoms with van der Waals surface area (Å²) in [4.78, 5) is 11.9. The van der Waals surface area contributed by atoms with Crippen molar-refractivity contribution in [2.75, 3.05) is 6.79 Å². The van der Waals surface area contributed by atoms with E-state index in [-0.39, 0.29) is 18.4 Å². The number of benzene rings is 2. The first-order valence-corrected chi connectivity index (χ1v) is 5.60. The molecule has 0 radical (unpaired) electrons. The number of hydrogen-bond donors (Lipinski definition) is 0. The van der Waals surface area contributed by atoms with Crippen LogP contribution in [0, 0.1) is 5.82 Å². The number of ether oxygens (including phenoxy) is 3. The zero-order chi connectivity index (χ0) is 13.2. The topological polar surface area (TPSA) is 44.8 Å². The molecule has 0 bridgehead atoms. The summed E-state index contributed by atoms with van der Waals surface area (Å²) in [7, 11) is 0. The number of carbonyl (C=O) groups is 1. The SMILES string of the molecule is O=C(Oc1ccc(F)cc1)c1ccc2c(c1)OCO2. The van der Waals surface area contributed by atoms with Crippen molar-refractivity contribution in [2.45, 2.75) is 0 Å². The van der Waals surface area contributed by atoms with Gasteiger partial charge in [-0.05, 0) is 42.5 Å². The number of rotatable bonds is 2. The first-order valence-electron chi connectivity index (χ1n) is 5.60. The molecule has 0 atom stereocenters. The van der Waals surface area contributed by atoms with E-state index in [1.807, 2.05) is 0 Å². The Kier molecular flexibility index (Phi) is 2.79. The predicted molar refractivity (Wildman–Crippen MR) is 63.9 cm³/mol. The smallest absolute Gasteiger partial charge is 0.343 e. The lowest BCUT2D eigenvalue weighted by molar-refractivity contribution is 0.0734. The third kappa shape index (κ3) is 2.35. The Morgan fingerprint density at radius 3 is 2.58 bits per heavy atom. The number of esters is 1. The van der Waals surface area contributed by atoms with Crippen LogP contribution in [0.4, 0.5) is 4.39 Å². The van der Waals surface area contributed by atoms with Gasteiger partial charge in [0.05, 0.1) is 5.56 Å². The van der Waals surface area contributed by atoms with E-state index < -0.39 is 5.97 Å². The normalized spacial score (nSPS) is 12.3. The summed E-state index contributed by atoms with van der Waals surface area (Å²) in [6, 6.07) is 10.0. The number of halogens is 1. The van der Waals surface area contributed by atoms with Gasteiger partial charge in [-0.1, -0.05) is 0 Å². The Bertz CT molecular complexity index is 622. The van der Waals surface area contributed by atoms with Crippen LogP contribution in [0.15, 0.2) is 42.5 Å². The highest BCUT2D eigenvalue weighted by atomic mass is 19.1. The van der Waals surface area contributed by atoms with Crippen LogP contribution in [-0.2, 0) is 0 Å². The molecular weight excluding hydrogens is 251 g/mol. The molecule has 1 aliphatic heterocycles. The molecule has 2 aromatic rings. The summed E-state index contributed by atoms with van der Waals surface area (Å²) in [5, 5.41) is 0. The van der Waals surface area contributed by atoms with Crippen molar-refractivity contribution in [2.24, 2.45) is 0 Å². The second kappa shape index (κ2) is 4.61. The Morgan fingerprint density at radius 2 is 1.79 bits per heavy atom. The van der Waals surface area contributed by atoms with Crippen molar-refractivity contribution >= 4 is 5.97 Å². The highest BCUT2D eigenvalue weighted by molar-refractivity contribution is 5.91. The van der Waals surface area contributed by atoms with Gasteiger partial charge in [-0.15, -0.1) is 0 Å². The van der Waals surface area contributed by atoms with E-state index in [9.17, 15) is 9.18 Å². The summed E-state index contributed by atoms with van der Waals surface area (Å²) in [6.45, 7) is 0.145. The Labute approximate surface area is 108 Å². The van der Waals surface area contributed by atoms with Crippen LogP contribution in [0.3, 0.4) is 0 Å². The van der Waals surface area contributed by atoms with Gasteiger partial charge in [-0.3, -0.25) is 0 Å². The zero-order valence-corrected chi connectivity index (χ0v) is 9.76. The average Bonchev–Trinajstić information content (AvgIpc) is 2.88. The van der Waals surface area contributed by atoms with Gasteiger partial charge in [0.25, 0.3) is 0 Å². The van der Waals surface area contributed by atoms with E-state index in [1.165, 1.54) is 24.3 Å². The first-order chi connectivity index (χ1) is 9.22. The third-order valence-corrected chi connectivity index (χ3v) is 2.63.